The molecule has 0 spiro atoms. The highest BCUT2D eigenvalue weighted by atomic mass is 16.5. The molecule has 0 bridgehead atoms. The molecule has 1 heterocycles. The van der Waals surface area contributed by atoms with E-state index in [4.69, 9.17) is 9.47 Å². The molecular weight excluding hydrogens is 611 g/mol. The highest BCUT2D eigenvalue weighted by Crippen LogP contribution is 2.21. The van der Waals surface area contributed by atoms with E-state index in [1.54, 1.807) is 0 Å². The van der Waals surface area contributed by atoms with Crippen molar-refractivity contribution in [3.8, 4) is 0 Å². The molecular formula is C47H83NO2. The quantitative estimate of drug-likeness (QED) is 0.0516. The molecule has 50 heavy (non-hydrogen) atoms. The van der Waals surface area contributed by atoms with Gasteiger partial charge in [-0.3, -0.25) is 4.90 Å². The van der Waals surface area contributed by atoms with Crippen molar-refractivity contribution in [2.75, 3.05) is 26.3 Å². The summed E-state index contributed by atoms with van der Waals surface area (Å²) in [6.07, 6.45) is 47.7. The SMILES string of the molecule is CCCCCCC=CCCCCCCCCCCO[C@@H]1CN(Cc2ccccc2)C[C@H]1OCCCCCCCCCCC=CCCCCCC. The van der Waals surface area contributed by atoms with Gasteiger partial charge in [0.25, 0.3) is 0 Å². The summed E-state index contributed by atoms with van der Waals surface area (Å²) in [6.45, 7) is 9.30. The Balaban J connectivity index is 1.48. The van der Waals surface area contributed by atoms with Crippen LogP contribution in [0.4, 0.5) is 0 Å². The zero-order valence-corrected chi connectivity index (χ0v) is 33.4. The molecule has 3 nitrogen and oxygen atoms in total. The Morgan fingerprint density at radius 2 is 0.800 bits per heavy atom. The molecule has 0 aromatic heterocycles. The van der Waals surface area contributed by atoms with E-state index >= 15 is 0 Å². The van der Waals surface area contributed by atoms with Crippen LogP contribution in [0, 0.1) is 0 Å². The Labute approximate surface area is 312 Å². The number of ether oxygens (including phenoxy) is 2. The third-order valence-electron chi connectivity index (χ3n) is 10.5. The van der Waals surface area contributed by atoms with Crippen LogP contribution in [0.25, 0.3) is 0 Å². The van der Waals surface area contributed by atoms with Crippen molar-refractivity contribution in [2.45, 2.75) is 212 Å². The molecule has 0 N–H and O–H groups in total. The first-order valence-corrected chi connectivity index (χ1v) is 22.1. The fraction of sp³-hybridized carbons (Fsp3) is 0.787. The zero-order valence-electron chi connectivity index (χ0n) is 33.4. The van der Waals surface area contributed by atoms with Gasteiger partial charge in [-0.05, 0) is 69.8 Å². The molecule has 288 valence electrons. The summed E-state index contributed by atoms with van der Waals surface area (Å²) < 4.78 is 13.0. The Kier molecular flexibility index (Phi) is 31.0. The number of unbranched alkanes of at least 4 members (excludes halogenated alkanes) is 24. The smallest absolute Gasteiger partial charge is 0.0975 e. The van der Waals surface area contributed by atoms with Crippen LogP contribution in [-0.4, -0.2) is 43.4 Å². The van der Waals surface area contributed by atoms with Gasteiger partial charge in [0.1, 0.15) is 0 Å². The van der Waals surface area contributed by atoms with Crippen LogP contribution in [0.15, 0.2) is 54.6 Å². The number of allylic oxidation sites excluding steroid dienone is 4. The van der Waals surface area contributed by atoms with Crippen molar-refractivity contribution < 1.29 is 9.47 Å². The fourth-order valence-corrected chi connectivity index (χ4v) is 7.28. The summed E-state index contributed by atoms with van der Waals surface area (Å²) in [6, 6.07) is 10.9. The maximum Gasteiger partial charge on any atom is 0.0975 e. The molecule has 1 aromatic rings. The minimum Gasteiger partial charge on any atom is -0.374 e. The maximum atomic E-state index is 6.51. The van der Waals surface area contributed by atoms with E-state index in [0.717, 1.165) is 32.8 Å². The van der Waals surface area contributed by atoms with E-state index in [-0.39, 0.29) is 12.2 Å². The molecule has 0 saturated carbocycles. The standard InChI is InChI=1S/C47H83NO2/c1-3-5-7-9-11-13-15-17-19-21-23-25-27-29-31-36-40-49-46-43-48(42-45-38-34-33-35-39-45)44-47(46)50-41-37-32-30-28-26-24-22-20-18-16-14-12-10-8-6-4-2/h13-16,33-35,38-39,46-47H,3-12,17-32,36-37,40-44H2,1-2H3/t46-,47-/m1/s1. The van der Waals surface area contributed by atoms with Gasteiger partial charge >= 0.3 is 0 Å². The Hall–Kier alpha value is -1.42. The predicted octanol–water partition coefficient (Wildman–Crippen LogP) is 14.3. The van der Waals surface area contributed by atoms with Gasteiger partial charge in [-0.1, -0.05) is 184 Å². The molecule has 1 fully saturated rings. The van der Waals surface area contributed by atoms with Crippen molar-refractivity contribution in [3.05, 3.63) is 60.2 Å². The lowest BCUT2D eigenvalue weighted by molar-refractivity contribution is -0.0481. The number of hydrogen-bond acceptors (Lipinski definition) is 3. The number of rotatable bonds is 36. The van der Waals surface area contributed by atoms with E-state index in [2.05, 4.69) is 73.4 Å². The van der Waals surface area contributed by atoms with Crippen molar-refractivity contribution in [1.29, 1.82) is 0 Å². The van der Waals surface area contributed by atoms with Crippen LogP contribution >= 0.6 is 0 Å². The van der Waals surface area contributed by atoms with Crippen LogP contribution in [0.1, 0.15) is 199 Å². The van der Waals surface area contributed by atoms with Gasteiger partial charge in [0.15, 0.2) is 0 Å². The van der Waals surface area contributed by atoms with Crippen LogP contribution in [0.5, 0.6) is 0 Å². The van der Waals surface area contributed by atoms with Crippen LogP contribution in [-0.2, 0) is 16.0 Å². The molecule has 3 heteroatoms. The number of hydrogen-bond donors (Lipinski definition) is 0. The van der Waals surface area contributed by atoms with Gasteiger partial charge in [0.05, 0.1) is 12.2 Å². The molecule has 0 aliphatic carbocycles. The van der Waals surface area contributed by atoms with E-state index < -0.39 is 0 Å². The molecule has 0 unspecified atom stereocenters. The van der Waals surface area contributed by atoms with Gasteiger partial charge in [0, 0.05) is 32.8 Å². The first-order chi connectivity index (χ1) is 24.8. The topological polar surface area (TPSA) is 21.7 Å². The summed E-state index contributed by atoms with van der Waals surface area (Å²) >= 11 is 0. The fourth-order valence-electron chi connectivity index (χ4n) is 7.28. The Morgan fingerprint density at radius 1 is 0.460 bits per heavy atom. The summed E-state index contributed by atoms with van der Waals surface area (Å²) in [5.74, 6) is 0. The largest absolute Gasteiger partial charge is 0.374 e. The van der Waals surface area contributed by atoms with Crippen molar-refractivity contribution in [2.24, 2.45) is 0 Å². The van der Waals surface area contributed by atoms with Crippen molar-refractivity contribution >= 4 is 0 Å². The first kappa shape index (κ1) is 44.7. The minimum absolute atomic E-state index is 0.208. The van der Waals surface area contributed by atoms with E-state index in [1.165, 1.54) is 185 Å². The second-order valence-corrected chi connectivity index (χ2v) is 15.4. The van der Waals surface area contributed by atoms with Crippen molar-refractivity contribution in [3.63, 3.8) is 0 Å². The molecule has 1 saturated heterocycles. The molecule has 0 radical (unpaired) electrons. The average molecular weight is 694 g/mol. The van der Waals surface area contributed by atoms with Crippen LogP contribution in [0.2, 0.25) is 0 Å². The molecule has 2 rings (SSSR count). The first-order valence-electron chi connectivity index (χ1n) is 22.1. The summed E-state index contributed by atoms with van der Waals surface area (Å²) in [4.78, 5) is 2.54. The number of likely N-dealkylation sites (tertiary alicyclic amines) is 1. The summed E-state index contributed by atoms with van der Waals surface area (Å²) in [5, 5.41) is 0. The van der Waals surface area contributed by atoms with Crippen molar-refractivity contribution in [1.82, 2.24) is 4.90 Å². The number of nitrogens with zero attached hydrogens (tertiary/aromatic N) is 1. The van der Waals surface area contributed by atoms with Gasteiger partial charge in [-0.2, -0.15) is 0 Å². The predicted molar refractivity (Wildman–Crippen MR) is 220 cm³/mol. The van der Waals surface area contributed by atoms with Gasteiger partial charge in [-0.15, -0.1) is 0 Å². The molecule has 1 aliphatic rings. The molecule has 0 amide bonds. The molecule has 2 atom stereocenters. The molecule has 1 aromatic carbocycles. The highest BCUT2D eigenvalue weighted by Gasteiger charge is 2.34. The maximum absolute atomic E-state index is 6.51. The third-order valence-corrected chi connectivity index (χ3v) is 10.5. The lowest BCUT2D eigenvalue weighted by Gasteiger charge is -2.20. The van der Waals surface area contributed by atoms with E-state index in [1.807, 2.05) is 0 Å². The normalized spacial score (nSPS) is 16.8. The summed E-state index contributed by atoms with van der Waals surface area (Å²) in [5.41, 5.74) is 1.38. The Bertz CT molecular complexity index is 830. The number of benzene rings is 1. The van der Waals surface area contributed by atoms with Gasteiger partial charge < -0.3 is 9.47 Å². The average Bonchev–Trinajstić information content (AvgIpc) is 3.51. The highest BCUT2D eigenvalue weighted by molar-refractivity contribution is 5.14. The zero-order chi connectivity index (χ0) is 35.4. The monoisotopic (exact) mass is 694 g/mol. The summed E-state index contributed by atoms with van der Waals surface area (Å²) in [7, 11) is 0. The van der Waals surface area contributed by atoms with E-state index in [9.17, 15) is 0 Å². The van der Waals surface area contributed by atoms with E-state index in [0.29, 0.717) is 0 Å². The lowest BCUT2D eigenvalue weighted by atomic mass is 10.1. The lowest BCUT2D eigenvalue weighted by Crippen LogP contribution is -2.30. The minimum atomic E-state index is 0.208. The van der Waals surface area contributed by atoms with Gasteiger partial charge in [-0.25, -0.2) is 0 Å². The van der Waals surface area contributed by atoms with Crippen LogP contribution in [0.3, 0.4) is 0 Å². The third kappa shape index (κ3) is 26.4. The molecule has 1 aliphatic heterocycles. The van der Waals surface area contributed by atoms with Gasteiger partial charge in [0.2, 0.25) is 0 Å². The second kappa shape index (κ2) is 34.7. The second-order valence-electron chi connectivity index (χ2n) is 15.4. The van der Waals surface area contributed by atoms with Crippen LogP contribution < -0.4 is 0 Å². The Morgan fingerprint density at radius 3 is 1.18 bits per heavy atom.